The van der Waals surface area contributed by atoms with Gasteiger partial charge in [-0.2, -0.15) is 0 Å². The first-order valence-corrected chi connectivity index (χ1v) is 9.10. The number of aliphatic hydroxyl groups is 1. The molecule has 1 aromatic heterocycles. The predicted octanol–water partition coefficient (Wildman–Crippen LogP) is 4.25. The van der Waals surface area contributed by atoms with E-state index in [1.807, 2.05) is 26.0 Å². The minimum Gasteiger partial charge on any atom is -0.493 e. The Bertz CT molecular complexity index is 1070. The van der Waals surface area contributed by atoms with Crippen LogP contribution in [0.3, 0.4) is 0 Å². The van der Waals surface area contributed by atoms with Gasteiger partial charge in [-0.25, -0.2) is 4.39 Å². The monoisotopic (exact) mass is 367 g/mol. The average molecular weight is 367 g/mol. The first-order valence-electron chi connectivity index (χ1n) is 9.10. The molecule has 1 aliphatic rings. The maximum absolute atomic E-state index is 14.6. The van der Waals surface area contributed by atoms with Crippen molar-refractivity contribution < 1.29 is 19.0 Å². The van der Waals surface area contributed by atoms with Gasteiger partial charge in [-0.05, 0) is 36.2 Å². The number of benzene rings is 2. The topological polar surface area (TPSA) is 62.3 Å². The SMILES string of the molecule is Cc1ccc2c3c([nH]c2c1F)C(C)(C)c1cc(OCCCO)ccc1C3=O. The maximum atomic E-state index is 14.6. The van der Waals surface area contributed by atoms with Crippen molar-refractivity contribution in [2.45, 2.75) is 32.6 Å². The van der Waals surface area contributed by atoms with E-state index in [9.17, 15) is 9.18 Å². The van der Waals surface area contributed by atoms with Crippen LogP contribution in [0.5, 0.6) is 5.75 Å². The number of hydrogen-bond acceptors (Lipinski definition) is 3. The number of aryl methyl sites for hydroxylation is 1. The molecule has 2 N–H and O–H groups in total. The fraction of sp³-hybridized carbons (Fsp3) is 0.318. The lowest BCUT2D eigenvalue weighted by Crippen LogP contribution is -2.30. The summed E-state index contributed by atoms with van der Waals surface area (Å²) in [5.41, 5.74) is 3.17. The molecular weight excluding hydrogens is 345 g/mol. The largest absolute Gasteiger partial charge is 0.493 e. The summed E-state index contributed by atoms with van der Waals surface area (Å²) in [6.45, 7) is 6.24. The molecule has 1 aliphatic carbocycles. The Morgan fingerprint density at radius 2 is 2.00 bits per heavy atom. The lowest BCUT2D eigenvalue weighted by atomic mass is 9.71. The molecule has 5 heteroatoms. The van der Waals surface area contributed by atoms with Crippen LogP contribution in [0.25, 0.3) is 10.9 Å². The van der Waals surface area contributed by atoms with Crippen LogP contribution in [0.15, 0.2) is 30.3 Å². The minimum absolute atomic E-state index is 0.0678. The lowest BCUT2D eigenvalue weighted by Gasteiger charge is -2.32. The van der Waals surface area contributed by atoms with Gasteiger partial charge in [-0.15, -0.1) is 0 Å². The molecular formula is C22H22FNO3. The third kappa shape index (κ3) is 2.57. The lowest BCUT2D eigenvalue weighted by molar-refractivity contribution is 0.103. The number of aliphatic hydroxyl groups excluding tert-OH is 1. The van der Waals surface area contributed by atoms with Gasteiger partial charge in [0.05, 0.1) is 17.7 Å². The number of halogens is 1. The van der Waals surface area contributed by atoms with Crippen LogP contribution in [-0.4, -0.2) is 29.1 Å². The Morgan fingerprint density at radius 1 is 1.22 bits per heavy atom. The zero-order valence-electron chi connectivity index (χ0n) is 15.6. The second-order valence-corrected chi connectivity index (χ2v) is 7.58. The summed E-state index contributed by atoms with van der Waals surface area (Å²) in [6, 6.07) is 8.95. The molecule has 0 amide bonds. The minimum atomic E-state index is -0.506. The second kappa shape index (κ2) is 6.20. The molecule has 140 valence electrons. The van der Waals surface area contributed by atoms with Crippen LogP contribution < -0.4 is 4.74 Å². The van der Waals surface area contributed by atoms with Crippen LogP contribution in [0.4, 0.5) is 4.39 Å². The molecule has 0 fully saturated rings. The quantitative estimate of drug-likeness (QED) is 0.678. The molecule has 1 heterocycles. The van der Waals surface area contributed by atoms with Gasteiger partial charge < -0.3 is 14.8 Å². The highest BCUT2D eigenvalue weighted by Crippen LogP contribution is 2.45. The van der Waals surface area contributed by atoms with Crippen molar-refractivity contribution in [3.8, 4) is 5.75 Å². The van der Waals surface area contributed by atoms with E-state index in [1.165, 1.54) is 0 Å². The molecule has 0 spiro atoms. The number of ketones is 1. The number of carbonyl (C=O) groups excluding carboxylic acids is 1. The van der Waals surface area contributed by atoms with Crippen molar-refractivity contribution in [2.75, 3.05) is 13.2 Å². The molecule has 3 aromatic rings. The summed E-state index contributed by atoms with van der Waals surface area (Å²) in [4.78, 5) is 16.4. The number of ether oxygens (including phenoxy) is 1. The van der Waals surface area contributed by atoms with Crippen molar-refractivity contribution in [1.29, 1.82) is 0 Å². The molecule has 4 nitrogen and oxygen atoms in total. The van der Waals surface area contributed by atoms with Crippen LogP contribution in [0.1, 0.15) is 53.0 Å². The number of aromatic nitrogens is 1. The highest BCUT2D eigenvalue weighted by Gasteiger charge is 2.40. The highest BCUT2D eigenvalue weighted by molar-refractivity contribution is 6.20. The van der Waals surface area contributed by atoms with E-state index in [-0.39, 0.29) is 18.2 Å². The summed E-state index contributed by atoms with van der Waals surface area (Å²) < 4.78 is 20.3. The first-order chi connectivity index (χ1) is 12.9. The van der Waals surface area contributed by atoms with Gasteiger partial charge in [0.25, 0.3) is 0 Å². The Hall–Kier alpha value is -2.66. The summed E-state index contributed by atoms with van der Waals surface area (Å²) in [5, 5.41) is 9.54. The van der Waals surface area contributed by atoms with Crippen LogP contribution in [0, 0.1) is 12.7 Å². The van der Waals surface area contributed by atoms with Crippen molar-refractivity contribution >= 4 is 16.7 Å². The standard InChI is InChI=1S/C22H22FNO3/c1-12-5-7-15-17-20(26)14-8-6-13(27-10-4-9-25)11-16(14)22(2,3)21(17)24-19(15)18(12)23/h5-8,11,24-25H,4,9-10H2,1-3H3. The van der Waals surface area contributed by atoms with Gasteiger partial charge in [0.1, 0.15) is 11.6 Å². The molecule has 0 radical (unpaired) electrons. The normalized spacial score (nSPS) is 14.9. The molecule has 2 aromatic carbocycles. The van der Waals surface area contributed by atoms with Crippen LogP contribution >= 0.6 is 0 Å². The Balaban J connectivity index is 1.89. The maximum Gasteiger partial charge on any atom is 0.195 e. The highest BCUT2D eigenvalue weighted by atomic mass is 19.1. The van der Waals surface area contributed by atoms with Crippen LogP contribution in [0.2, 0.25) is 0 Å². The number of hydrogen-bond donors (Lipinski definition) is 2. The molecule has 0 aliphatic heterocycles. The number of nitrogens with one attached hydrogen (secondary N) is 1. The molecule has 0 unspecified atom stereocenters. The van der Waals surface area contributed by atoms with Gasteiger partial charge in [-0.1, -0.05) is 26.0 Å². The van der Waals surface area contributed by atoms with E-state index < -0.39 is 5.41 Å². The van der Waals surface area contributed by atoms with Gasteiger partial charge >= 0.3 is 0 Å². The van der Waals surface area contributed by atoms with Gasteiger partial charge in [0, 0.05) is 35.1 Å². The van der Waals surface area contributed by atoms with E-state index in [4.69, 9.17) is 9.84 Å². The van der Waals surface area contributed by atoms with E-state index >= 15 is 0 Å². The number of carbonyl (C=O) groups is 1. The number of aromatic amines is 1. The second-order valence-electron chi connectivity index (χ2n) is 7.58. The van der Waals surface area contributed by atoms with Crippen molar-refractivity contribution in [1.82, 2.24) is 4.98 Å². The van der Waals surface area contributed by atoms with Gasteiger partial charge in [-0.3, -0.25) is 4.79 Å². The third-order valence-corrected chi connectivity index (χ3v) is 5.44. The van der Waals surface area contributed by atoms with Gasteiger partial charge in [0.15, 0.2) is 5.78 Å². The molecule has 4 rings (SSSR count). The Labute approximate surface area is 157 Å². The zero-order valence-corrected chi connectivity index (χ0v) is 15.6. The molecule has 0 atom stereocenters. The molecule has 0 saturated heterocycles. The first kappa shape index (κ1) is 17.7. The summed E-state index contributed by atoms with van der Waals surface area (Å²) in [7, 11) is 0. The van der Waals surface area contributed by atoms with E-state index in [1.54, 1.807) is 25.1 Å². The fourth-order valence-corrected chi connectivity index (χ4v) is 3.89. The summed E-state index contributed by atoms with van der Waals surface area (Å²) >= 11 is 0. The van der Waals surface area contributed by atoms with Crippen LogP contribution in [-0.2, 0) is 5.41 Å². The Kier molecular flexibility index (Phi) is 4.07. The van der Waals surface area contributed by atoms with Crippen molar-refractivity contribution in [3.63, 3.8) is 0 Å². The predicted molar refractivity (Wildman–Crippen MR) is 102 cm³/mol. The van der Waals surface area contributed by atoms with E-state index in [2.05, 4.69) is 4.98 Å². The molecule has 27 heavy (non-hydrogen) atoms. The third-order valence-electron chi connectivity index (χ3n) is 5.44. The summed E-state index contributed by atoms with van der Waals surface area (Å²) in [5.74, 6) is 0.239. The zero-order chi connectivity index (χ0) is 19.3. The molecule has 0 bridgehead atoms. The number of fused-ring (bicyclic) bond motifs is 4. The van der Waals surface area contributed by atoms with Crippen molar-refractivity contribution in [2.24, 2.45) is 0 Å². The Morgan fingerprint density at radius 3 is 2.74 bits per heavy atom. The number of rotatable bonds is 4. The van der Waals surface area contributed by atoms with Crippen molar-refractivity contribution in [3.05, 3.63) is 64.1 Å². The average Bonchev–Trinajstić information content (AvgIpc) is 3.05. The summed E-state index contributed by atoms with van der Waals surface area (Å²) in [6.07, 6.45) is 0.546. The van der Waals surface area contributed by atoms with E-state index in [0.29, 0.717) is 46.4 Å². The molecule has 0 saturated carbocycles. The fourth-order valence-electron chi connectivity index (χ4n) is 3.89. The number of H-pyrrole nitrogens is 1. The smallest absolute Gasteiger partial charge is 0.195 e. The van der Waals surface area contributed by atoms with E-state index in [0.717, 1.165) is 11.3 Å². The van der Waals surface area contributed by atoms with Gasteiger partial charge in [0.2, 0.25) is 0 Å².